The zero-order valence-electron chi connectivity index (χ0n) is 24.9. The number of nitrogens with two attached hydrogens (primary N) is 5. The second-order valence-corrected chi connectivity index (χ2v) is 10.4. The van der Waals surface area contributed by atoms with Gasteiger partial charge in [-0.2, -0.15) is 0 Å². The molecule has 0 bridgehead atoms. The van der Waals surface area contributed by atoms with E-state index >= 15 is 0 Å². The van der Waals surface area contributed by atoms with Crippen LogP contribution in [-0.2, 0) is 30.4 Å². The predicted molar refractivity (Wildman–Crippen MR) is 163 cm³/mol. The lowest BCUT2D eigenvalue weighted by molar-refractivity contribution is -0.136. The molecule has 0 aliphatic heterocycles. The summed E-state index contributed by atoms with van der Waals surface area (Å²) in [6.07, 6.45) is 1.14. The van der Waals surface area contributed by atoms with Crippen LogP contribution in [0.25, 0.3) is 0 Å². The molecule has 3 atom stereocenters. The third-order valence-corrected chi connectivity index (χ3v) is 6.15. The van der Waals surface area contributed by atoms with Crippen LogP contribution in [0.4, 0.5) is 0 Å². The Kier molecular flexibility index (Phi) is 15.0. The number of carbonyl (C=O) groups is 5. The molecule has 0 fully saturated rings. The van der Waals surface area contributed by atoms with Crippen molar-refractivity contribution in [2.75, 3.05) is 13.1 Å². The van der Waals surface area contributed by atoms with Gasteiger partial charge in [-0.15, -0.1) is 0 Å². The fourth-order valence-corrected chi connectivity index (χ4v) is 3.93. The smallest absolute Gasteiger partial charge is 0.245 e. The maximum atomic E-state index is 13.3. The minimum Gasteiger partial charge on any atom is -0.370 e. The van der Waals surface area contributed by atoms with Crippen LogP contribution >= 0.6 is 0 Å². The van der Waals surface area contributed by atoms with Crippen molar-refractivity contribution in [2.45, 2.75) is 76.5 Å². The molecular weight excluding hydrogens is 558 g/mol. The van der Waals surface area contributed by atoms with E-state index in [1.807, 2.05) is 6.07 Å². The van der Waals surface area contributed by atoms with Crippen molar-refractivity contribution in [3.63, 3.8) is 0 Å². The van der Waals surface area contributed by atoms with E-state index < -0.39 is 53.2 Å². The van der Waals surface area contributed by atoms with Crippen LogP contribution in [0.2, 0.25) is 0 Å². The average Bonchev–Trinajstić information content (AvgIpc) is 2.91. The number of amides is 5. The van der Waals surface area contributed by atoms with Crippen LogP contribution in [-0.4, -0.2) is 78.2 Å². The Bertz CT molecular complexity index is 1160. The SMILES string of the molecule is CC(=O)N[C@@H](CCCN=C(N)N)C(=O)NC(C)(C)C(=O)N[C@@H](CCCN=C(N)N)C(=O)N[C@@H](Cc1ccccc1)C(N)=O. The van der Waals surface area contributed by atoms with Gasteiger partial charge in [0, 0.05) is 26.4 Å². The van der Waals surface area contributed by atoms with E-state index in [2.05, 4.69) is 31.3 Å². The normalized spacial score (nSPS) is 12.9. The maximum Gasteiger partial charge on any atom is 0.245 e. The largest absolute Gasteiger partial charge is 0.370 e. The summed E-state index contributed by atoms with van der Waals surface area (Å²) in [6, 6.07) is 5.84. The highest BCUT2D eigenvalue weighted by atomic mass is 16.2. The molecule has 0 saturated heterocycles. The molecule has 16 nitrogen and oxygen atoms in total. The van der Waals surface area contributed by atoms with Gasteiger partial charge in [0.05, 0.1) is 0 Å². The molecule has 16 heteroatoms. The van der Waals surface area contributed by atoms with Crippen LogP contribution in [0.15, 0.2) is 40.3 Å². The molecule has 0 aliphatic rings. The fourth-order valence-electron chi connectivity index (χ4n) is 3.93. The van der Waals surface area contributed by atoms with Crippen LogP contribution < -0.4 is 49.9 Å². The molecule has 1 aromatic rings. The number of benzene rings is 1. The Hall–Kier alpha value is -4.89. The van der Waals surface area contributed by atoms with Gasteiger partial charge < -0.3 is 49.9 Å². The highest BCUT2D eigenvalue weighted by Crippen LogP contribution is 2.10. The monoisotopic (exact) mass is 603 g/mol. The summed E-state index contributed by atoms with van der Waals surface area (Å²) in [5.41, 5.74) is 26.2. The van der Waals surface area contributed by atoms with Gasteiger partial charge in [0.25, 0.3) is 0 Å². The van der Waals surface area contributed by atoms with E-state index in [1.165, 1.54) is 20.8 Å². The molecule has 1 rings (SSSR count). The average molecular weight is 604 g/mol. The van der Waals surface area contributed by atoms with E-state index in [9.17, 15) is 24.0 Å². The van der Waals surface area contributed by atoms with Crippen molar-refractivity contribution in [1.82, 2.24) is 21.3 Å². The molecular formula is C27H45N11O5. The first-order valence-corrected chi connectivity index (χ1v) is 13.8. The predicted octanol–water partition coefficient (Wildman–Crippen LogP) is -2.81. The fraction of sp³-hybridized carbons (Fsp3) is 0.519. The summed E-state index contributed by atoms with van der Waals surface area (Å²) in [5, 5.41) is 10.4. The second kappa shape index (κ2) is 17.8. The number of hydrogen-bond donors (Lipinski definition) is 9. The molecule has 14 N–H and O–H groups in total. The van der Waals surface area contributed by atoms with E-state index in [4.69, 9.17) is 28.7 Å². The van der Waals surface area contributed by atoms with Gasteiger partial charge in [-0.05, 0) is 45.1 Å². The van der Waals surface area contributed by atoms with Gasteiger partial charge in [-0.1, -0.05) is 30.3 Å². The minimum absolute atomic E-state index is 0.0996. The zero-order valence-corrected chi connectivity index (χ0v) is 24.9. The summed E-state index contributed by atoms with van der Waals surface area (Å²) < 4.78 is 0. The molecule has 43 heavy (non-hydrogen) atoms. The number of carbonyl (C=O) groups excluding carboxylic acids is 5. The molecule has 238 valence electrons. The van der Waals surface area contributed by atoms with Gasteiger partial charge >= 0.3 is 0 Å². The minimum atomic E-state index is -1.51. The summed E-state index contributed by atoms with van der Waals surface area (Å²) >= 11 is 0. The van der Waals surface area contributed by atoms with Crippen molar-refractivity contribution in [2.24, 2.45) is 38.7 Å². The Morgan fingerprint density at radius 1 is 0.744 bits per heavy atom. The van der Waals surface area contributed by atoms with E-state index in [0.717, 1.165) is 5.56 Å². The zero-order chi connectivity index (χ0) is 32.6. The van der Waals surface area contributed by atoms with Crippen molar-refractivity contribution >= 4 is 41.5 Å². The van der Waals surface area contributed by atoms with Gasteiger partial charge in [-0.25, -0.2) is 0 Å². The molecule has 0 aromatic heterocycles. The standard InChI is InChI=1S/C27H45N11O5/c1-16(39)35-19(12-8-14-34-26(31)32)23(42)38-27(2,3)24(43)37-18(11-7-13-33-25(29)30)22(41)36-20(21(28)40)15-17-9-5-4-6-10-17/h4-6,9-10,18-20H,7-8,11-15H2,1-3H3,(H2,28,40)(H,35,39)(H,36,41)(H,37,43)(H,38,42)(H4,29,30,33)(H4,31,32,34)/t18-,19-,20-/m0/s1. The van der Waals surface area contributed by atoms with Crippen LogP contribution in [0.1, 0.15) is 52.0 Å². The lowest BCUT2D eigenvalue weighted by Gasteiger charge is -2.30. The quantitative estimate of drug-likeness (QED) is 0.0474. The first-order chi connectivity index (χ1) is 20.1. The van der Waals surface area contributed by atoms with Gasteiger partial charge in [0.1, 0.15) is 23.7 Å². The van der Waals surface area contributed by atoms with Crippen molar-refractivity contribution in [1.29, 1.82) is 0 Å². The Balaban J connectivity index is 3.04. The van der Waals surface area contributed by atoms with Crippen molar-refractivity contribution in [3.8, 4) is 0 Å². The van der Waals surface area contributed by atoms with E-state index in [1.54, 1.807) is 24.3 Å². The third-order valence-electron chi connectivity index (χ3n) is 6.15. The summed E-state index contributed by atoms with van der Waals surface area (Å²) in [6.45, 7) is 4.57. The lowest BCUT2D eigenvalue weighted by atomic mass is 10.00. The number of nitrogens with zero attached hydrogens (tertiary/aromatic N) is 2. The summed E-state index contributed by atoms with van der Waals surface area (Å²) in [4.78, 5) is 71.3. The molecule has 5 amide bonds. The first-order valence-electron chi connectivity index (χ1n) is 13.8. The molecule has 0 saturated carbocycles. The van der Waals surface area contributed by atoms with Gasteiger partial charge in [-0.3, -0.25) is 34.0 Å². The highest BCUT2D eigenvalue weighted by Gasteiger charge is 2.35. The first kappa shape index (κ1) is 36.1. The number of nitrogens with one attached hydrogen (secondary N) is 4. The molecule has 0 unspecified atom stereocenters. The maximum absolute atomic E-state index is 13.3. The van der Waals surface area contributed by atoms with Crippen LogP contribution in [0.5, 0.6) is 0 Å². The molecule has 0 spiro atoms. The number of aliphatic imine (C=N–C) groups is 2. The molecule has 0 radical (unpaired) electrons. The molecule has 1 aromatic carbocycles. The highest BCUT2D eigenvalue weighted by molar-refractivity contribution is 5.97. The third kappa shape index (κ3) is 14.5. The number of hydrogen-bond acceptors (Lipinski definition) is 7. The van der Waals surface area contributed by atoms with E-state index in [0.29, 0.717) is 12.8 Å². The van der Waals surface area contributed by atoms with E-state index in [-0.39, 0.29) is 44.3 Å². The Labute approximate surface area is 251 Å². The van der Waals surface area contributed by atoms with Gasteiger partial charge in [0.15, 0.2) is 11.9 Å². The Morgan fingerprint density at radius 2 is 1.26 bits per heavy atom. The Morgan fingerprint density at radius 3 is 1.72 bits per heavy atom. The summed E-state index contributed by atoms with van der Waals surface area (Å²) in [5.74, 6) is -3.39. The number of guanidine groups is 2. The number of primary amides is 1. The molecule has 0 heterocycles. The number of rotatable bonds is 18. The lowest BCUT2D eigenvalue weighted by Crippen LogP contribution is -2.62. The van der Waals surface area contributed by atoms with Crippen LogP contribution in [0, 0.1) is 0 Å². The van der Waals surface area contributed by atoms with Crippen molar-refractivity contribution in [3.05, 3.63) is 35.9 Å². The topological polar surface area (TPSA) is 288 Å². The molecule has 0 aliphatic carbocycles. The van der Waals surface area contributed by atoms with Gasteiger partial charge in [0.2, 0.25) is 29.5 Å². The van der Waals surface area contributed by atoms with Crippen molar-refractivity contribution < 1.29 is 24.0 Å². The summed E-state index contributed by atoms with van der Waals surface area (Å²) in [7, 11) is 0. The second-order valence-electron chi connectivity index (χ2n) is 10.4. The van der Waals surface area contributed by atoms with Crippen LogP contribution in [0.3, 0.4) is 0 Å².